The average Bonchev–Trinajstić information content (AvgIpc) is 1.84. The third kappa shape index (κ3) is 3.53. The minimum Gasteiger partial charge on any atom is -0.411 e. The number of nitriles is 1. The maximum atomic E-state index is 8.43. The van der Waals surface area contributed by atoms with Gasteiger partial charge >= 0.3 is 0 Å². The molecule has 0 rings (SSSR count). The van der Waals surface area contributed by atoms with E-state index in [1.54, 1.807) is 13.8 Å². The number of hydrogen-bond donors (Lipinski definition) is 1. The Kier molecular flexibility index (Phi) is 2.72. The summed E-state index contributed by atoms with van der Waals surface area (Å²) in [7, 11) is 0. The molecular formula is C6H10N2O. The van der Waals surface area contributed by atoms with Gasteiger partial charge in [-0.25, -0.2) is 0 Å². The van der Waals surface area contributed by atoms with Crippen LogP contribution in [0.4, 0.5) is 0 Å². The Labute approximate surface area is 54.6 Å². The van der Waals surface area contributed by atoms with E-state index >= 15 is 0 Å². The predicted molar refractivity (Wildman–Crippen MR) is 34.3 cm³/mol. The van der Waals surface area contributed by atoms with Gasteiger partial charge in [0.2, 0.25) is 0 Å². The summed E-state index contributed by atoms with van der Waals surface area (Å²) in [5.74, 6) is 0. The molecule has 0 saturated carbocycles. The van der Waals surface area contributed by atoms with Crippen LogP contribution >= 0.6 is 0 Å². The van der Waals surface area contributed by atoms with E-state index < -0.39 is 5.41 Å². The molecule has 0 unspecified atom stereocenters. The van der Waals surface area contributed by atoms with Crippen LogP contribution in [-0.2, 0) is 0 Å². The van der Waals surface area contributed by atoms with Gasteiger partial charge in [-0.1, -0.05) is 0 Å². The first-order chi connectivity index (χ1) is 4.12. The first kappa shape index (κ1) is 7.96. The zero-order valence-corrected chi connectivity index (χ0v) is 5.63. The third-order valence-electron chi connectivity index (χ3n) is 0.986. The first-order valence-electron chi connectivity index (χ1n) is 2.69. The Morgan fingerprint density at radius 3 is 2.67 bits per heavy atom. The fraction of sp³-hybridized carbons (Fsp3) is 0.667. The van der Waals surface area contributed by atoms with Crippen LogP contribution < -0.4 is 0 Å². The van der Waals surface area contributed by atoms with Crippen molar-refractivity contribution in [3.05, 3.63) is 0 Å². The molecule has 0 radical (unpaired) electrons. The largest absolute Gasteiger partial charge is 0.411 e. The average molecular weight is 126 g/mol. The summed E-state index contributed by atoms with van der Waals surface area (Å²) in [6.07, 6.45) is 1.81. The molecule has 0 saturated heterocycles. The lowest BCUT2D eigenvalue weighted by molar-refractivity contribution is 0.318. The highest BCUT2D eigenvalue weighted by Crippen LogP contribution is 2.15. The minimum absolute atomic E-state index is 0.410. The molecule has 0 heterocycles. The maximum absolute atomic E-state index is 8.43. The van der Waals surface area contributed by atoms with Crippen LogP contribution in [-0.4, -0.2) is 11.4 Å². The number of hydrogen-bond acceptors (Lipinski definition) is 3. The lowest BCUT2D eigenvalue weighted by Gasteiger charge is -2.08. The highest BCUT2D eigenvalue weighted by molar-refractivity contribution is 5.57. The van der Waals surface area contributed by atoms with Crippen LogP contribution in [0, 0.1) is 16.7 Å². The van der Waals surface area contributed by atoms with Gasteiger partial charge in [0.25, 0.3) is 0 Å². The van der Waals surface area contributed by atoms with Crippen LogP contribution in [0.1, 0.15) is 20.3 Å². The fourth-order valence-electron chi connectivity index (χ4n) is 0.315. The molecule has 0 fully saturated rings. The van der Waals surface area contributed by atoms with Gasteiger partial charge in [-0.3, -0.25) is 0 Å². The summed E-state index contributed by atoms with van der Waals surface area (Å²) in [5, 5.41) is 19.2. The van der Waals surface area contributed by atoms with Crippen molar-refractivity contribution in [2.24, 2.45) is 10.6 Å². The summed E-state index contributed by atoms with van der Waals surface area (Å²) >= 11 is 0. The molecule has 0 atom stereocenters. The van der Waals surface area contributed by atoms with Gasteiger partial charge in [-0.2, -0.15) is 5.26 Å². The number of nitrogens with zero attached hydrogens (tertiary/aromatic N) is 2. The van der Waals surface area contributed by atoms with Gasteiger partial charge in [-0.05, 0) is 13.8 Å². The van der Waals surface area contributed by atoms with Gasteiger partial charge in [-0.15, -0.1) is 5.16 Å². The van der Waals surface area contributed by atoms with Crippen molar-refractivity contribution in [1.82, 2.24) is 0 Å². The molecule has 3 heteroatoms. The predicted octanol–water partition coefficient (Wildman–Crippen LogP) is 1.39. The lowest BCUT2D eigenvalue weighted by atomic mass is 9.92. The Hall–Kier alpha value is -1.04. The van der Waals surface area contributed by atoms with Crippen LogP contribution in [0.3, 0.4) is 0 Å². The van der Waals surface area contributed by atoms with Crippen molar-refractivity contribution >= 4 is 6.21 Å². The Bertz CT molecular complexity index is 144. The van der Waals surface area contributed by atoms with E-state index in [9.17, 15) is 0 Å². The summed E-state index contributed by atoms with van der Waals surface area (Å²) < 4.78 is 0. The maximum Gasteiger partial charge on any atom is 0.0687 e. The summed E-state index contributed by atoms with van der Waals surface area (Å²) in [5.41, 5.74) is -0.410. The van der Waals surface area contributed by atoms with Gasteiger partial charge in [0.05, 0.1) is 11.5 Å². The highest BCUT2D eigenvalue weighted by Gasteiger charge is 2.13. The smallest absolute Gasteiger partial charge is 0.0687 e. The van der Waals surface area contributed by atoms with Gasteiger partial charge in [0.15, 0.2) is 0 Å². The molecule has 50 valence electrons. The molecule has 0 bridgehead atoms. The first-order valence-corrected chi connectivity index (χ1v) is 2.69. The Morgan fingerprint density at radius 2 is 2.33 bits per heavy atom. The highest BCUT2D eigenvalue weighted by atomic mass is 16.4. The van der Waals surface area contributed by atoms with Crippen LogP contribution in [0.25, 0.3) is 0 Å². The van der Waals surface area contributed by atoms with Crippen LogP contribution in [0.15, 0.2) is 5.16 Å². The minimum atomic E-state index is -0.410. The fourth-order valence-corrected chi connectivity index (χ4v) is 0.315. The molecule has 0 aromatic heterocycles. The molecule has 0 aliphatic heterocycles. The van der Waals surface area contributed by atoms with Crippen LogP contribution in [0.5, 0.6) is 0 Å². The van der Waals surface area contributed by atoms with Crippen LogP contribution in [0.2, 0.25) is 0 Å². The molecule has 0 aromatic rings. The Balaban J connectivity index is 3.76. The molecule has 9 heavy (non-hydrogen) atoms. The van der Waals surface area contributed by atoms with E-state index in [2.05, 4.69) is 11.2 Å². The molecule has 3 nitrogen and oxygen atoms in total. The normalized spacial score (nSPS) is 11.7. The van der Waals surface area contributed by atoms with Crippen molar-refractivity contribution in [3.8, 4) is 6.07 Å². The molecule has 1 N–H and O–H groups in total. The van der Waals surface area contributed by atoms with E-state index in [0.29, 0.717) is 6.42 Å². The van der Waals surface area contributed by atoms with Gasteiger partial charge in [0, 0.05) is 12.6 Å². The second-order valence-electron chi connectivity index (χ2n) is 2.50. The van der Waals surface area contributed by atoms with Crippen molar-refractivity contribution in [2.75, 3.05) is 0 Å². The van der Waals surface area contributed by atoms with Gasteiger partial charge in [0.1, 0.15) is 0 Å². The van der Waals surface area contributed by atoms with E-state index in [0.717, 1.165) is 0 Å². The quantitative estimate of drug-likeness (QED) is 0.345. The van der Waals surface area contributed by atoms with Crippen molar-refractivity contribution in [1.29, 1.82) is 5.26 Å². The van der Waals surface area contributed by atoms with Crippen molar-refractivity contribution in [3.63, 3.8) is 0 Å². The second kappa shape index (κ2) is 3.08. The molecule has 0 aromatic carbocycles. The van der Waals surface area contributed by atoms with E-state index in [-0.39, 0.29) is 0 Å². The molecule has 0 spiro atoms. The topological polar surface area (TPSA) is 56.4 Å². The second-order valence-corrected chi connectivity index (χ2v) is 2.50. The molecule has 0 aliphatic carbocycles. The monoisotopic (exact) mass is 126 g/mol. The third-order valence-corrected chi connectivity index (χ3v) is 0.986. The van der Waals surface area contributed by atoms with Crippen molar-refractivity contribution in [2.45, 2.75) is 20.3 Å². The number of oxime groups is 1. The molecule has 0 aliphatic rings. The van der Waals surface area contributed by atoms with E-state index in [4.69, 9.17) is 10.5 Å². The van der Waals surface area contributed by atoms with E-state index in [1.165, 1.54) is 6.21 Å². The SMILES string of the molecule is CC(C)(C#N)CC=NO. The number of rotatable bonds is 2. The zero-order valence-electron chi connectivity index (χ0n) is 5.63. The van der Waals surface area contributed by atoms with Crippen molar-refractivity contribution < 1.29 is 5.21 Å². The molecular weight excluding hydrogens is 116 g/mol. The summed E-state index contributed by atoms with van der Waals surface area (Å²) in [6.45, 7) is 3.57. The lowest BCUT2D eigenvalue weighted by Crippen LogP contribution is -2.07. The summed E-state index contributed by atoms with van der Waals surface area (Å²) in [4.78, 5) is 0. The zero-order chi connectivity index (χ0) is 7.33. The van der Waals surface area contributed by atoms with E-state index in [1.807, 2.05) is 0 Å². The molecule has 0 amide bonds. The standard InChI is InChI=1S/C6H10N2O/c1-6(2,5-7)3-4-8-9/h4,9H,3H2,1-2H3. The Morgan fingerprint density at radius 1 is 1.78 bits per heavy atom. The van der Waals surface area contributed by atoms with Gasteiger partial charge < -0.3 is 5.21 Å². The summed E-state index contributed by atoms with van der Waals surface area (Å²) in [6, 6.07) is 2.07.